The molecule has 1 aliphatic rings. The Hall–Kier alpha value is -4.92. The lowest BCUT2D eigenvalue weighted by molar-refractivity contribution is 0.0952. The van der Waals surface area contributed by atoms with E-state index in [4.69, 9.17) is 0 Å². The highest BCUT2D eigenvalue weighted by molar-refractivity contribution is 6.05. The smallest absolute Gasteiger partial charge is 0.293 e. The number of carbonyl (C=O) groups excluding carboxylic acids is 2. The molecule has 4 aromatic rings. The third-order valence-electron chi connectivity index (χ3n) is 8.35. The molecule has 228 valence electrons. The monoisotopic (exact) mass is 592 g/mol. The molecule has 0 unspecified atom stereocenters. The lowest BCUT2D eigenvalue weighted by Gasteiger charge is -2.38. The molecular weight excluding hydrogens is 552 g/mol. The van der Waals surface area contributed by atoms with Crippen molar-refractivity contribution in [1.82, 2.24) is 14.9 Å². The predicted octanol–water partition coefficient (Wildman–Crippen LogP) is 6.01. The van der Waals surface area contributed by atoms with Gasteiger partial charge in [-0.25, -0.2) is 4.98 Å². The number of nitrogens with zero attached hydrogens (tertiary/aromatic N) is 3. The first-order valence-corrected chi connectivity index (χ1v) is 15.0. The molecular formula is C35H40N6O3. The standard InChI is InChI=1S/C35H40N6O3/c1-7-18-36-32(42)23-11-14-25(15-12-23)37-31-34(44)41(6)21-29(38-31)26-9-8-10-28(22(26)2)39-33(43)24-13-16-27-30(20-24)40(5)19-17-35(27,3)4/h8-16,20-21H,7,17-19H2,1-6H3,(H,36,42)(H,37,38)(H,39,43). The van der Waals surface area contributed by atoms with Crippen molar-refractivity contribution in [1.29, 1.82) is 0 Å². The molecule has 0 spiro atoms. The molecule has 3 N–H and O–H groups in total. The average molecular weight is 593 g/mol. The molecule has 1 aliphatic heterocycles. The third kappa shape index (κ3) is 6.22. The second-order valence-corrected chi connectivity index (χ2v) is 12.1. The fourth-order valence-electron chi connectivity index (χ4n) is 5.51. The zero-order valence-corrected chi connectivity index (χ0v) is 26.2. The first kappa shape index (κ1) is 30.5. The molecule has 0 atom stereocenters. The van der Waals surface area contributed by atoms with E-state index in [9.17, 15) is 14.4 Å². The van der Waals surface area contributed by atoms with Gasteiger partial charge in [0, 0.05) is 67.1 Å². The van der Waals surface area contributed by atoms with Crippen molar-refractivity contribution in [3.63, 3.8) is 0 Å². The molecule has 1 aromatic heterocycles. The number of carbonyl (C=O) groups is 2. The van der Waals surface area contributed by atoms with Gasteiger partial charge in [-0.3, -0.25) is 14.4 Å². The van der Waals surface area contributed by atoms with Crippen molar-refractivity contribution in [3.05, 3.63) is 99.5 Å². The van der Waals surface area contributed by atoms with E-state index in [1.165, 1.54) is 10.1 Å². The molecule has 0 aliphatic carbocycles. The summed E-state index contributed by atoms with van der Waals surface area (Å²) in [6, 6.07) is 18.5. The van der Waals surface area contributed by atoms with Crippen molar-refractivity contribution < 1.29 is 9.59 Å². The van der Waals surface area contributed by atoms with Gasteiger partial charge in [0.25, 0.3) is 17.4 Å². The SMILES string of the molecule is CCCNC(=O)c1ccc(Nc2nc(-c3cccc(NC(=O)c4ccc5c(c4)N(C)CCC5(C)C)c3C)cn(C)c2=O)cc1. The number of benzene rings is 3. The summed E-state index contributed by atoms with van der Waals surface area (Å²) in [6.45, 7) is 9.96. The summed E-state index contributed by atoms with van der Waals surface area (Å²) >= 11 is 0. The molecule has 2 heterocycles. The quantitative estimate of drug-likeness (QED) is 0.231. The second kappa shape index (κ2) is 12.4. The Bertz CT molecular complexity index is 1770. The van der Waals surface area contributed by atoms with E-state index in [1.807, 2.05) is 44.2 Å². The van der Waals surface area contributed by atoms with Crippen molar-refractivity contribution in [2.24, 2.45) is 7.05 Å². The summed E-state index contributed by atoms with van der Waals surface area (Å²) in [6.07, 6.45) is 3.61. The minimum Gasteiger partial charge on any atom is -0.374 e. The highest BCUT2D eigenvalue weighted by Gasteiger charge is 2.30. The molecule has 2 amide bonds. The first-order valence-electron chi connectivity index (χ1n) is 15.0. The highest BCUT2D eigenvalue weighted by atomic mass is 16.2. The van der Waals surface area contributed by atoms with Crippen LogP contribution in [-0.4, -0.2) is 41.5 Å². The Morgan fingerprint density at radius 3 is 2.43 bits per heavy atom. The van der Waals surface area contributed by atoms with Crippen LogP contribution in [0.3, 0.4) is 0 Å². The van der Waals surface area contributed by atoms with Gasteiger partial charge >= 0.3 is 0 Å². The summed E-state index contributed by atoms with van der Waals surface area (Å²) < 4.78 is 1.48. The van der Waals surface area contributed by atoms with E-state index < -0.39 is 0 Å². The Kier molecular flexibility index (Phi) is 8.58. The van der Waals surface area contributed by atoms with Gasteiger partial charge in [0.1, 0.15) is 0 Å². The normalized spacial score (nSPS) is 13.6. The molecule has 0 saturated heterocycles. The number of hydrogen-bond acceptors (Lipinski definition) is 6. The first-order chi connectivity index (χ1) is 21.0. The summed E-state index contributed by atoms with van der Waals surface area (Å²) in [4.78, 5) is 45.5. The predicted molar refractivity (Wildman–Crippen MR) is 177 cm³/mol. The third-order valence-corrected chi connectivity index (χ3v) is 8.35. The molecule has 9 heteroatoms. The molecule has 0 radical (unpaired) electrons. The molecule has 0 bridgehead atoms. The lowest BCUT2D eigenvalue weighted by Crippen LogP contribution is -2.35. The molecule has 44 heavy (non-hydrogen) atoms. The molecule has 9 nitrogen and oxygen atoms in total. The van der Waals surface area contributed by atoms with Gasteiger partial charge in [0.05, 0.1) is 5.69 Å². The number of aromatic nitrogens is 2. The van der Waals surface area contributed by atoms with E-state index >= 15 is 0 Å². The Labute approximate surface area is 258 Å². The van der Waals surface area contributed by atoms with E-state index in [0.29, 0.717) is 34.7 Å². The zero-order valence-electron chi connectivity index (χ0n) is 26.2. The fourth-order valence-corrected chi connectivity index (χ4v) is 5.51. The van der Waals surface area contributed by atoms with E-state index in [-0.39, 0.29) is 28.6 Å². The van der Waals surface area contributed by atoms with Gasteiger partial charge in [0.15, 0.2) is 5.82 Å². The van der Waals surface area contributed by atoms with Gasteiger partial charge in [-0.2, -0.15) is 0 Å². The maximum absolute atomic E-state index is 13.4. The molecule has 0 fully saturated rings. The molecule has 5 rings (SSSR count). The van der Waals surface area contributed by atoms with Crippen LogP contribution in [0.25, 0.3) is 11.3 Å². The number of hydrogen-bond donors (Lipinski definition) is 3. The average Bonchev–Trinajstić information content (AvgIpc) is 3.01. The minimum atomic E-state index is -0.291. The van der Waals surface area contributed by atoms with Crippen molar-refractivity contribution >= 4 is 34.7 Å². The van der Waals surface area contributed by atoms with Crippen LogP contribution in [0.15, 0.2) is 71.7 Å². The number of fused-ring (bicyclic) bond motifs is 1. The van der Waals surface area contributed by atoms with Gasteiger partial charge in [-0.15, -0.1) is 0 Å². The maximum atomic E-state index is 13.4. The van der Waals surface area contributed by atoms with E-state index in [2.05, 4.69) is 52.8 Å². The summed E-state index contributed by atoms with van der Waals surface area (Å²) in [5, 5.41) is 9.04. The van der Waals surface area contributed by atoms with Crippen molar-refractivity contribution in [2.45, 2.75) is 46.0 Å². The van der Waals surface area contributed by atoms with Crippen LogP contribution in [0.2, 0.25) is 0 Å². The maximum Gasteiger partial charge on any atom is 0.293 e. The minimum absolute atomic E-state index is 0.0620. The fraction of sp³-hybridized carbons (Fsp3) is 0.314. The largest absolute Gasteiger partial charge is 0.374 e. The van der Waals surface area contributed by atoms with Crippen LogP contribution in [0.1, 0.15) is 65.5 Å². The summed E-state index contributed by atoms with van der Waals surface area (Å²) in [7, 11) is 3.74. The number of anilines is 4. The van der Waals surface area contributed by atoms with Gasteiger partial charge in [0.2, 0.25) is 0 Å². The van der Waals surface area contributed by atoms with Crippen LogP contribution in [-0.2, 0) is 12.5 Å². The van der Waals surface area contributed by atoms with Crippen LogP contribution in [0, 0.1) is 6.92 Å². The van der Waals surface area contributed by atoms with Gasteiger partial charge < -0.3 is 25.4 Å². The van der Waals surface area contributed by atoms with Gasteiger partial charge in [-0.05, 0) is 78.8 Å². The van der Waals surface area contributed by atoms with E-state index in [0.717, 1.165) is 36.2 Å². The second-order valence-electron chi connectivity index (χ2n) is 12.1. The summed E-state index contributed by atoms with van der Waals surface area (Å²) in [5.74, 6) is -0.171. The van der Waals surface area contributed by atoms with Crippen molar-refractivity contribution in [2.75, 3.05) is 35.7 Å². The number of rotatable bonds is 8. The Morgan fingerprint density at radius 2 is 1.70 bits per heavy atom. The number of nitrogens with one attached hydrogen (secondary N) is 3. The number of amides is 2. The van der Waals surface area contributed by atoms with Crippen LogP contribution in [0.4, 0.5) is 22.9 Å². The van der Waals surface area contributed by atoms with Gasteiger partial charge in [-0.1, -0.05) is 39.0 Å². The molecule has 3 aromatic carbocycles. The van der Waals surface area contributed by atoms with Crippen molar-refractivity contribution in [3.8, 4) is 11.3 Å². The zero-order chi connectivity index (χ0) is 31.6. The summed E-state index contributed by atoms with van der Waals surface area (Å²) in [5.41, 5.74) is 6.75. The Morgan fingerprint density at radius 1 is 0.977 bits per heavy atom. The lowest BCUT2D eigenvalue weighted by atomic mass is 9.77. The van der Waals surface area contributed by atoms with Crippen LogP contribution in [0.5, 0.6) is 0 Å². The van der Waals surface area contributed by atoms with Crippen LogP contribution >= 0.6 is 0 Å². The Balaban J connectivity index is 1.39. The molecule has 0 saturated carbocycles. The van der Waals surface area contributed by atoms with Crippen LogP contribution < -0.4 is 26.4 Å². The highest BCUT2D eigenvalue weighted by Crippen LogP contribution is 2.39. The van der Waals surface area contributed by atoms with E-state index in [1.54, 1.807) is 37.5 Å². The number of aryl methyl sites for hydroxylation is 1. The topological polar surface area (TPSA) is 108 Å².